The number of piperidine rings is 1. The molecule has 2 aromatic rings. The van der Waals surface area contributed by atoms with Crippen LogP contribution in [0.1, 0.15) is 30.9 Å². The molecule has 0 aromatic carbocycles. The molecule has 0 aliphatic carbocycles. The Morgan fingerprint density at radius 3 is 2.76 bits per heavy atom. The van der Waals surface area contributed by atoms with Crippen LogP contribution in [0, 0.1) is 0 Å². The van der Waals surface area contributed by atoms with Gasteiger partial charge in [0.15, 0.2) is 0 Å². The van der Waals surface area contributed by atoms with Crippen molar-refractivity contribution in [3.05, 3.63) is 39.8 Å². The molecule has 2 aromatic heterocycles. The SMILES string of the molecule is CCc1cc2ncc(CN3CCC(N(C)C(=O)O)CC3)cc2[nH]c1=O. The monoisotopic (exact) mass is 344 g/mol. The van der Waals surface area contributed by atoms with Gasteiger partial charge in [0.2, 0.25) is 0 Å². The van der Waals surface area contributed by atoms with Crippen LogP contribution in [-0.2, 0) is 13.0 Å². The van der Waals surface area contributed by atoms with Crippen molar-refractivity contribution < 1.29 is 9.90 Å². The van der Waals surface area contributed by atoms with Gasteiger partial charge in [0.25, 0.3) is 5.56 Å². The van der Waals surface area contributed by atoms with E-state index in [1.54, 1.807) is 7.05 Å². The van der Waals surface area contributed by atoms with Crippen LogP contribution >= 0.6 is 0 Å². The maximum atomic E-state index is 12.0. The molecule has 1 aliphatic heterocycles. The molecular weight excluding hydrogens is 320 g/mol. The molecule has 0 radical (unpaired) electrons. The van der Waals surface area contributed by atoms with Crippen molar-refractivity contribution in [1.29, 1.82) is 0 Å². The Morgan fingerprint density at radius 1 is 1.40 bits per heavy atom. The van der Waals surface area contributed by atoms with Gasteiger partial charge in [-0.05, 0) is 37.0 Å². The predicted molar refractivity (Wildman–Crippen MR) is 95.8 cm³/mol. The highest BCUT2D eigenvalue weighted by atomic mass is 16.4. The summed E-state index contributed by atoms with van der Waals surface area (Å²) in [6.45, 7) is 4.41. The third kappa shape index (κ3) is 3.82. The fraction of sp³-hybridized carbons (Fsp3) is 0.500. The first-order chi connectivity index (χ1) is 12.0. The average molecular weight is 344 g/mol. The van der Waals surface area contributed by atoms with E-state index in [4.69, 9.17) is 5.11 Å². The van der Waals surface area contributed by atoms with E-state index in [-0.39, 0.29) is 11.6 Å². The summed E-state index contributed by atoms with van der Waals surface area (Å²) < 4.78 is 0. The first-order valence-electron chi connectivity index (χ1n) is 8.67. The summed E-state index contributed by atoms with van der Waals surface area (Å²) in [5.41, 5.74) is 3.32. The smallest absolute Gasteiger partial charge is 0.407 e. The van der Waals surface area contributed by atoms with Crippen LogP contribution in [0.4, 0.5) is 4.79 Å². The second kappa shape index (κ2) is 7.23. The first kappa shape index (κ1) is 17.4. The number of nitrogens with zero attached hydrogens (tertiary/aromatic N) is 3. The minimum absolute atomic E-state index is 0.0496. The highest BCUT2D eigenvalue weighted by Crippen LogP contribution is 2.19. The summed E-state index contributed by atoms with van der Waals surface area (Å²) in [6, 6.07) is 3.93. The highest BCUT2D eigenvalue weighted by molar-refractivity contribution is 5.74. The van der Waals surface area contributed by atoms with Gasteiger partial charge in [0.1, 0.15) is 0 Å². The van der Waals surface area contributed by atoms with Gasteiger partial charge in [0, 0.05) is 44.5 Å². The molecule has 3 rings (SSSR count). The fourth-order valence-electron chi connectivity index (χ4n) is 3.40. The molecule has 2 N–H and O–H groups in total. The van der Waals surface area contributed by atoms with E-state index >= 15 is 0 Å². The third-order valence-electron chi connectivity index (χ3n) is 5.02. The summed E-state index contributed by atoms with van der Waals surface area (Å²) >= 11 is 0. The molecule has 0 spiro atoms. The maximum absolute atomic E-state index is 12.0. The molecule has 0 saturated carbocycles. The van der Waals surface area contributed by atoms with Gasteiger partial charge in [-0.15, -0.1) is 0 Å². The van der Waals surface area contributed by atoms with E-state index in [0.29, 0.717) is 6.42 Å². The minimum atomic E-state index is -0.868. The lowest BCUT2D eigenvalue weighted by Gasteiger charge is -2.35. The zero-order valence-electron chi connectivity index (χ0n) is 14.7. The minimum Gasteiger partial charge on any atom is -0.465 e. The summed E-state index contributed by atoms with van der Waals surface area (Å²) in [5.74, 6) is 0. The highest BCUT2D eigenvalue weighted by Gasteiger charge is 2.25. The molecule has 0 atom stereocenters. The molecule has 0 bridgehead atoms. The predicted octanol–water partition coefficient (Wildman–Crippen LogP) is 2.06. The summed E-state index contributed by atoms with van der Waals surface area (Å²) in [5, 5.41) is 9.07. The number of nitrogens with one attached hydrogen (secondary N) is 1. The molecular formula is C18H24N4O3. The van der Waals surface area contributed by atoms with Gasteiger partial charge < -0.3 is 15.0 Å². The zero-order valence-corrected chi connectivity index (χ0v) is 14.7. The lowest BCUT2D eigenvalue weighted by atomic mass is 10.0. The van der Waals surface area contributed by atoms with E-state index in [2.05, 4.69) is 14.9 Å². The second-order valence-corrected chi connectivity index (χ2v) is 6.65. The lowest BCUT2D eigenvalue weighted by molar-refractivity contribution is 0.103. The van der Waals surface area contributed by atoms with Crippen LogP contribution in [0.25, 0.3) is 11.0 Å². The van der Waals surface area contributed by atoms with Crippen LogP contribution in [-0.4, -0.2) is 57.1 Å². The standard InChI is InChI=1S/C18H24N4O3/c1-3-13-9-15-16(20-17(13)23)8-12(10-19-15)11-22-6-4-14(5-7-22)21(2)18(24)25/h8-10,14H,3-7,11H2,1-2H3,(H,20,23)(H,24,25). The Balaban J connectivity index is 1.68. The van der Waals surface area contributed by atoms with E-state index in [0.717, 1.165) is 54.6 Å². The van der Waals surface area contributed by atoms with Crippen molar-refractivity contribution in [2.45, 2.75) is 38.8 Å². The number of aromatic amines is 1. The molecule has 1 fully saturated rings. The van der Waals surface area contributed by atoms with Crippen LogP contribution in [0.2, 0.25) is 0 Å². The van der Waals surface area contributed by atoms with E-state index in [9.17, 15) is 9.59 Å². The Morgan fingerprint density at radius 2 is 2.12 bits per heavy atom. The van der Waals surface area contributed by atoms with E-state index in [1.165, 1.54) is 4.90 Å². The number of hydrogen-bond donors (Lipinski definition) is 2. The van der Waals surface area contributed by atoms with Gasteiger partial charge in [-0.3, -0.25) is 14.7 Å². The van der Waals surface area contributed by atoms with Crippen molar-refractivity contribution in [1.82, 2.24) is 19.8 Å². The Hall–Kier alpha value is -2.41. The number of likely N-dealkylation sites (tertiary alicyclic amines) is 1. The number of carbonyl (C=O) groups is 1. The van der Waals surface area contributed by atoms with Gasteiger partial charge >= 0.3 is 6.09 Å². The molecule has 1 saturated heterocycles. The largest absolute Gasteiger partial charge is 0.465 e. The summed E-state index contributed by atoms with van der Waals surface area (Å²) in [7, 11) is 1.64. The average Bonchev–Trinajstić information content (AvgIpc) is 2.61. The number of aromatic nitrogens is 2. The van der Waals surface area contributed by atoms with Gasteiger partial charge in [-0.2, -0.15) is 0 Å². The van der Waals surface area contributed by atoms with Crippen molar-refractivity contribution in [3.8, 4) is 0 Å². The Bertz CT molecular complexity index is 825. The zero-order chi connectivity index (χ0) is 18.0. The Kier molecular flexibility index (Phi) is 5.03. The number of amides is 1. The quantitative estimate of drug-likeness (QED) is 0.886. The molecule has 25 heavy (non-hydrogen) atoms. The lowest BCUT2D eigenvalue weighted by Crippen LogP contribution is -2.44. The maximum Gasteiger partial charge on any atom is 0.407 e. The second-order valence-electron chi connectivity index (χ2n) is 6.65. The van der Waals surface area contributed by atoms with Crippen LogP contribution in [0.3, 0.4) is 0 Å². The molecule has 134 valence electrons. The number of aryl methyl sites for hydroxylation is 1. The van der Waals surface area contributed by atoms with Crippen LogP contribution in [0.15, 0.2) is 23.1 Å². The number of hydrogen-bond acceptors (Lipinski definition) is 4. The molecule has 0 unspecified atom stereocenters. The van der Waals surface area contributed by atoms with Crippen molar-refractivity contribution in [3.63, 3.8) is 0 Å². The van der Waals surface area contributed by atoms with Crippen molar-refractivity contribution in [2.24, 2.45) is 0 Å². The molecule has 3 heterocycles. The molecule has 7 heteroatoms. The Labute approximate surface area is 146 Å². The van der Waals surface area contributed by atoms with Gasteiger partial charge in [-0.1, -0.05) is 6.92 Å². The molecule has 1 aliphatic rings. The van der Waals surface area contributed by atoms with Crippen molar-refractivity contribution >= 4 is 17.1 Å². The topological polar surface area (TPSA) is 89.5 Å². The third-order valence-corrected chi connectivity index (χ3v) is 5.02. The number of rotatable bonds is 4. The number of fused-ring (bicyclic) bond motifs is 1. The molecule has 1 amide bonds. The van der Waals surface area contributed by atoms with Gasteiger partial charge in [0.05, 0.1) is 11.0 Å². The number of carboxylic acid groups (broad SMARTS) is 1. The normalized spacial score (nSPS) is 16.2. The van der Waals surface area contributed by atoms with Crippen LogP contribution < -0.4 is 5.56 Å². The van der Waals surface area contributed by atoms with Crippen LogP contribution in [0.5, 0.6) is 0 Å². The number of pyridine rings is 2. The van der Waals surface area contributed by atoms with E-state index in [1.807, 2.05) is 25.3 Å². The fourth-order valence-corrected chi connectivity index (χ4v) is 3.40. The summed E-state index contributed by atoms with van der Waals surface area (Å²) in [6.07, 6.45) is 3.35. The summed E-state index contributed by atoms with van der Waals surface area (Å²) in [4.78, 5) is 34.1. The first-order valence-corrected chi connectivity index (χ1v) is 8.67. The van der Waals surface area contributed by atoms with E-state index < -0.39 is 6.09 Å². The van der Waals surface area contributed by atoms with Crippen molar-refractivity contribution in [2.75, 3.05) is 20.1 Å². The molecule has 7 nitrogen and oxygen atoms in total. The number of H-pyrrole nitrogens is 1. The van der Waals surface area contributed by atoms with Gasteiger partial charge in [-0.25, -0.2) is 4.79 Å².